The third-order valence-electron chi connectivity index (χ3n) is 3.79. The quantitative estimate of drug-likeness (QED) is 0.702. The van der Waals surface area contributed by atoms with Crippen molar-refractivity contribution in [1.29, 1.82) is 0 Å². The second kappa shape index (κ2) is 4.34. The van der Waals surface area contributed by atoms with Gasteiger partial charge >= 0.3 is 0 Å². The average Bonchev–Trinajstić information content (AvgIpc) is 2.85. The summed E-state index contributed by atoms with van der Waals surface area (Å²) in [6.07, 6.45) is 4.14. The Hall–Kier alpha value is -0.220. The topological polar surface area (TPSA) is 46.3 Å². The third-order valence-corrected chi connectivity index (χ3v) is 4.46. The van der Waals surface area contributed by atoms with Gasteiger partial charge in [-0.2, -0.15) is 12.6 Å². The molecular formula is C11H20N2OS. The third kappa shape index (κ3) is 2.48. The van der Waals surface area contributed by atoms with Crippen LogP contribution in [0.5, 0.6) is 0 Å². The van der Waals surface area contributed by atoms with Crippen LogP contribution in [0.1, 0.15) is 25.7 Å². The molecule has 1 saturated carbocycles. The predicted octanol–water partition coefficient (Wildman–Crippen LogP) is 0.894. The van der Waals surface area contributed by atoms with Gasteiger partial charge in [0, 0.05) is 19.5 Å². The van der Waals surface area contributed by atoms with E-state index in [1.807, 2.05) is 4.90 Å². The second-order valence-electron chi connectivity index (χ2n) is 5.07. The van der Waals surface area contributed by atoms with Gasteiger partial charge in [-0.25, -0.2) is 0 Å². The Morgan fingerprint density at radius 1 is 1.53 bits per heavy atom. The monoisotopic (exact) mass is 228 g/mol. The molecule has 2 rings (SSSR count). The van der Waals surface area contributed by atoms with E-state index in [-0.39, 0.29) is 5.41 Å². The molecule has 0 aromatic heterocycles. The van der Waals surface area contributed by atoms with Crippen molar-refractivity contribution in [2.24, 2.45) is 17.1 Å². The molecule has 15 heavy (non-hydrogen) atoms. The van der Waals surface area contributed by atoms with E-state index in [0.29, 0.717) is 24.8 Å². The normalized spacial score (nSPS) is 28.1. The van der Waals surface area contributed by atoms with Gasteiger partial charge in [-0.1, -0.05) is 0 Å². The number of hydrogen-bond acceptors (Lipinski definition) is 3. The van der Waals surface area contributed by atoms with Crippen LogP contribution in [0.4, 0.5) is 0 Å². The summed E-state index contributed by atoms with van der Waals surface area (Å²) in [7, 11) is 0. The van der Waals surface area contributed by atoms with Crippen LogP contribution in [0.15, 0.2) is 0 Å². The largest absolute Gasteiger partial charge is 0.342 e. The minimum absolute atomic E-state index is 0.251. The van der Waals surface area contributed by atoms with Gasteiger partial charge in [0.25, 0.3) is 0 Å². The Labute approximate surface area is 96.8 Å². The number of likely N-dealkylation sites (tertiary alicyclic amines) is 1. The molecule has 1 unspecified atom stereocenters. The minimum atomic E-state index is 0.251. The van der Waals surface area contributed by atoms with Crippen LogP contribution in [0.2, 0.25) is 0 Å². The second-order valence-corrected chi connectivity index (χ2v) is 5.38. The van der Waals surface area contributed by atoms with Gasteiger partial charge < -0.3 is 10.6 Å². The zero-order valence-electron chi connectivity index (χ0n) is 9.11. The van der Waals surface area contributed by atoms with Crippen LogP contribution in [0.3, 0.4) is 0 Å². The van der Waals surface area contributed by atoms with Crippen molar-refractivity contribution in [3.8, 4) is 0 Å². The lowest BCUT2D eigenvalue weighted by Crippen LogP contribution is -2.31. The molecule has 0 radical (unpaired) electrons. The standard InChI is InChI=1S/C11H20N2OS/c12-6-9-1-4-13(7-9)10(14)5-11(8-15)2-3-11/h9,15H,1-8,12H2. The SMILES string of the molecule is NCC1CCN(C(=O)CC2(CS)CC2)C1. The van der Waals surface area contributed by atoms with Crippen molar-refractivity contribution in [3.63, 3.8) is 0 Å². The smallest absolute Gasteiger partial charge is 0.223 e. The number of nitrogens with two attached hydrogens (primary N) is 1. The van der Waals surface area contributed by atoms with E-state index < -0.39 is 0 Å². The lowest BCUT2D eigenvalue weighted by Gasteiger charge is -2.19. The molecule has 4 heteroatoms. The number of rotatable bonds is 4. The van der Waals surface area contributed by atoms with Crippen molar-refractivity contribution in [2.75, 3.05) is 25.4 Å². The van der Waals surface area contributed by atoms with E-state index in [9.17, 15) is 4.79 Å². The van der Waals surface area contributed by atoms with Gasteiger partial charge in [0.2, 0.25) is 5.91 Å². The molecule has 1 atom stereocenters. The number of carbonyl (C=O) groups is 1. The van der Waals surface area contributed by atoms with E-state index in [2.05, 4.69) is 12.6 Å². The van der Waals surface area contributed by atoms with Crippen LogP contribution in [-0.4, -0.2) is 36.2 Å². The maximum absolute atomic E-state index is 12.0. The van der Waals surface area contributed by atoms with Crippen LogP contribution in [0.25, 0.3) is 0 Å². The van der Waals surface area contributed by atoms with Crippen LogP contribution in [-0.2, 0) is 4.79 Å². The Morgan fingerprint density at radius 3 is 2.73 bits per heavy atom. The molecule has 1 aliphatic heterocycles. The minimum Gasteiger partial charge on any atom is -0.342 e. The van der Waals surface area contributed by atoms with Crippen LogP contribution in [0, 0.1) is 11.3 Å². The first-order valence-corrected chi connectivity index (χ1v) is 6.41. The van der Waals surface area contributed by atoms with Gasteiger partial charge in [0.05, 0.1) is 0 Å². The number of thiol groups is 1. The van der Waals surface area contributed by atoms with E-state index in [1.165, 1.54) is 12.8 Å². The maximum atomic E-state index is 12.0. The molecule has 86 valence electrons. The highest BCUT2D eigenvalue weighted by Gasteiger charge is 2.44. The molecule has 0 aromatic carbocycles. The van der Waals surface area contributed by atoms with Gasteiger partial charge in [0.15, 0.2) is 0 Å². The average molecular weight is 228 g/mol. The summed E-state index contributed by atoms with van der Waals surface area (Å²) in [5.74, 6) is 1.70. The molecule has 1 saturated heterocycles. The van der Waals surface area contributed by atoms with Crippen LogP contribution >= 0.6 is 12.6 Å². The van der Waals surface area contributed by atoms with Crippen molar-refractivity contribution < 1.29 is 4.79 Å². The summed E-state index contributed by atoms with van der Waals surface area (Å²) >= 11 is 4.33. The summed E-state index contributed by atoms with van der Waals surface area (Å²) in [6, 6.07) is 0. The summed E-state index contributed by atoms with van der Waals surface area (Å²) in [5, 5.41) is 0. The molecule has 1 heterocycles. The molecule has 0 bridgehead atoms. The van der Waals surface area contributed by atoms with Crippen molar-refractivity contribution >= 4 is 18.5 Å². The lowest BCUT2D eigenvalue weighted by atomic mass is 10.0. The van der Waals surface area contributed by atoms with Crippen molar-refractivity contribution in [1.82, 2.24) is 4.90 Å². The first-order chi connectivity index (χ1) is 7.19. The molecule has 2 fully saturated rings. The number of nitrogens with zero attached hydrogens (tertiary/aromatic N) is 1. The van der Waals surface area contributed by atoms with Crippen LogP contribution < -0.4 is 5.73 Å². The van der Waals surface area contributed by atoms with E-state index in [4.69, 9.17) is 5.73 Å². The Morgan fingerprint density at radius 2 is 2.27 bits per heavy atom. The first kappa shape index (κ1) is 11.3. The first-order valence-electron chi connectivity index (χ1n) is 5.78. The number of carbonyl (C=O) groups excluding carboxylic acids is 1. The van der Waals surface area contributed by atoms with E-state index >= 15 is 0 Å². The fourth-order valence-corrected chi connectivity index (χ4v) is 2.68. The fraction of sp³-hybridized carbons (Fsp3) is 0.909. The van der Waals surface area contributed by atoms with Gasteiger partial charge in [-0.3, -0.25) is 4.79 Å². The van der Waals surface area contributed by atoms with Crippen molar-refractivity contribution in [3.05, 3.63) is 0 Å². The molecule has 1 aliphatic carbocycles. The fourth-order valence-electron chi connectivity index (χ4n) is 2.25. The van der Waals surface area contributed by atoms with E-state index in [1.54, 1.807) is 0 Å². The van der Waals surface area contributed by atoms with E-state index in [0.717, 1.165) is 25.3 Å². The zero-order chi connectivity index (χ0) is 10.9. The molecule has 3 nitrogen and oxygen atoms in total. The number of amides is 1. The molecule has 1 amide bonds. The Balaban J connectivity index is 1.82. The Kier molecular flexibility index (Phi) is 3.26. The predicted molar refractivity (Wildman–Crippen MR) is 63.9 cm³/mol. The highest BCUT2D eigenvalue weighted by Crippen LogP contribution is 2.50. The Bertz CT molecular complexity index is 253. The zero-order valence-corrected chi connectivity index (χ0v) is 10.0. The van der Waals surface area contributed by atoms with Crippen molar-refractivity contribution in [2.45, 2.75) is 25.7 Å². The molecular weight excluding hydrogens is 208 g/mol. The number of hydrogen-bond donors (Lipinski definition) is 2. The summed E-state index contributed by atoms with van der Waals surface area (Å²) in [5.41, 5.74) is 5.86. The van der Waals surface area contributed by atoms with Gasteiger partial charge in [-0.15, -0.1) is 0 Å². The molecule has 2 aliphatic rings. The highest BCUT2D eigenvalue weighted by molar-refractivity contribution is 7.80. The molecule has 2 N–H and O–H groups in total. The maximum Gasteiger partial charge on any atom is 0.223 e. The highest BCUT2D eigenvalue weighted by atomic mass is 32.1. The summed E-state index contributed by atoms with van der Waals surface area (Å²) in [4.78, 5) is 14.0. The molecule has 0 aromatic rings. The van der Waals surface area contributed by atoms with Gasteiger partial charge in [-0.05, 0) is 42.9 Å². The summed E-state index contributed by atoms with van der Waals surface area (Å²) < 4.78 is 0. The lowest BCUT2D eigenvalue weighted by molar-refractivity contribution is -0.131. The van der Waals surface area contributed by atoms with Gasteiger partial charge in [0.1, 0.15) is 0 Å². The molecule has 0 spiro atoms. The summed E-state index contributed by atoms with van der Waals surface area (Å²) in [6.45, 7) is 2.49.